The van der Waals surface area contributed by atoms with Crippen molar-refractivity contribution in [2.45, 2.75) is 0 Å². The second kappa shape index (κ2) is 16.7. The molecule has 0 saturated carbocycles. The molecule has 0 radical (unpaired) electrons. The van der Waals surface area contributed by atoms with Crippen molar-refractivity contribution >= 4 is 67.9 Å². The first-order valence-electron chi connectivity index (χ1n) is 20.9. The van der Waals surface area contributed by atoms with E-state index in [0.29, 0.717) is 0 Å². The molecule has 11 rings (SSSR count). The molecule has 11 aromatic rings. The summed E-state index contributed by atoms with van der Waals surface area (Å²) >= 11 is 1.22. The van der Waals surface area contributed by atoms with E-state index < -0.39 is 0 Å². The van der Waals surface area contributed by atoms with Crippen LogP contribution in [0, 0.1) is 0 Å². The maximum absolute atomic E-state index is 5.65. The maximum Gasteiger partial charge on any atom is 0.115 e. The zero-order valence-corrected chi connectivity index (χ0v) is 34.8. The lowest BCUT2D eigenvalue weighted by molar-refractivity contribution is 1.28. The molecule has 0 N–H and O–H groups in total. The zero-order chi connectivity index (χ0) is 42.0. The summed E-state index contributed by atoms with van der Waals surface area (Å²) in [6, 6.07) is 79.9. The fraction of sp³-hybridized carbons (Fsp3) is 0. The minimum atomic E-state index is 0.763. The van der Waals surface area contributed by atoms with Crippen molar-refractivity contribution in [2.24, 2.45) is 0 Å². The number of hydrogen-bond donors (Lipinski definition) is 0. The van der Waals surface area contributed by atoms with Crippen molar-refractivity contribution in [1.82, 2.24) is 18.7 Å². The van der Waals surface area contributed by atoms with E-state index in [2.05, 4.69) is 204 Å². The molecule has 7 heteroatoms. The van der Waals surface area contributed by atoms with Gasteiger partial charge in [-0.05, 0) is 83.9 Å². The van der Waals surface area contributed by atoms with Crippen molar-refractivity contribution in [1.29, 1.82) is 0 Å². The van der Waals surface area contributed by atoms with Gasteiger partial charge in [0.2, 0.25) is 0 Å². The third kappa shape index (κ3) is 7.16. The van der Waals surface area contributed by atoms with E-state index >= 15 is 0 Å². The Kier molecular flexibility index (Phi) is 9.97. The molecule has 298 valence electrons. The Morgan fingerprint density at radius 2 is 0.524 bits per heavy atom. The maximum atomic E-state index is 5.65. The van der Waals surface area contributed by atoms with Crippen molar-refractivity contribution in [3.05, 3.63) is 231 Å². The molecule has 0 aliphatic carbocycles. The lowest BCUT2D eigenvalue weighted by atomic mass is 9.93. The number of benzene rings is 9. The Balaban J connectivity index is 1.14. The van der Waals surface area contributed by atoms with Crippen LogP contribution in [0.3, 0.4) is 0 Å². The molecule has 0 unspecified atom stereocenters. The second-order valence-corrected chi connectivity index (χ2v) is 15.7. The lowest BCUT2D eigenvalue weighted by Crippen LogP contribution is -2.09. The fourth-order valence-electron chi connectivity index (χ4n) is 8.42. The molecule has 0 atom stereocenters. The zero-order valence-electron chi connectivity index (χ0n) is 34.0. The fourth-order valence-corrected chi connectivity index (χ4v) is 8.98. The standard InChI is InChI=1S/C56H38N6S/c1-7-19-41(20-8-1)51-52(42-21-9-2-10-22-42)58-54-50(40-33-37-48(38-34-40)62(45-27-15-5-16-28-45)46-29-17-6-18-30-46)56-55(59-63-60-56)49(53(54)57-51)39-31-35-47(36-32-39)61(43-23-11-3-12-24-43)44-25-13-4-14-26-44/h1-38H. The summed E-state index contributed by atoms with van der Waals surface area (Å²) < 4.78 is 10.1. The average molecular weight is 827 g/mol. The van der Waals surface area contributed by atoms with Gasteiger partial charge < -0.3 is 9.80 Å². The summed E-state index contributed by atoms with van der Waals surface area (Å²) in [5.74, 6) is 0. The van der Waals surface area contributed by atoms with Gasteiger partial charge >= 0.3 is 0 Å². The topological polar surface area (TPSA) is 58.0 Å². The van der Waals surface area contributed by atoms with Gasteiger partial charge in [0.1, 0.15) is 22.1 Å². The molecule has 9 aromatic carbocycles. The van der Waals surface area contributed by atoms with Crippen molar-refractivity contribution in [2.75, 3.05) is 9.80 Å². The third-order valence-electron chi connectivity index (χ3n) is 11.3. The largest absolute Gasteiger partial charge is 0.311 e. The normalized spacial score (nSPS) is 11.2. The van der Waals surface area contributed by atoms with Crippen molar-refractivity contribution < 1.29 is 0 Å². The first kappa shape index (κ1) is 37.7. The van der Waals surface area contributed by atoms with Crippen LogP contribution in [-0.2, 0) is 0 Å². The lowest BCUT2D eigenvalue weighted by Gasteiger charge is -2.26. The van der Waals surface area contributed by atoms with Crippen LogP contribution < -0.4 is 9.80 Å². The molecular weight excluding hydrogens is 789 g/mol. The molecule has 0 aliphatic rings. The molecule has 0 saturated heterocycles. The van der Waals surface area contributed by atoms with Crippen molar-refractivity contribution in [3.63, 3.8) is 0 Å². The molecule has 0 bridgehead atoms. The number of nitrogens with zero attached hydrogens (tertiary/aromatic N) is 6. The first-order valence-corrected chi connectivity index (χ1v) is 21.6. The van der Waals surface area contributed by atoms with Gasteiger partial charge in [0.05, 0.1) is 23.1 Å². The van der Waals surface area contributed by atoms with Gasteiger partial charge in [-0.15, -0.1) is 0 Å². The summed E-state index contributed by atoms with van der Waals surface area (Å²) in [4.78, 5) is 15.8. The number of rotatable bonds is 10. The highest BCUT2D eigenvalue weighted by Gasteiger charge is 2.26. The van der Waals surface area contributed by atoms with Gasteiger partial charge in [0.25, 0.3) is 0 Å². The smallest absolute Gasteiger partial charge is 0.115 e. The van der Waals surface area contributed by atoms with E-state index in [1.54, 1.807) is 0 Å². The quantitative estimate of drug-likeness (QED) is 0.137. The summed E-state index contributed by atoms with van der Waals surface area (Å²) in [6.07, 6.45) is 0. The highest BCUT2D eigenvalue weighted by molar-refractivity contribution is 7.00. The van der Waals surface area contributed by atoms with E-state index in [-0.39, 0.29) is 0 Å². The van der Waals surface area contributed by atoms with Gasteiger partial charge in [-0.1, -0.05) is 158 Å². The van der Waals surface area contributed by atoms with E-state index in [4.69, 9.17) is 18.7 Å². The third-order valence-corrected chi connectivity index (χ3v) is 11.8. The molecule has 63 heavy (non-hydrogen) atoms. The molecule has 6 nitrogen and oxygen atoms in total. The van der Waals surface area contributed by atoms with E-state index in [1.807, 2.05) is 36.4 Å². The number of anilines is 6. The average Bonchev–Trinajstić information content (AvgIpc) is 3.85. The van der Waals surface area contributed by atoms with Crippen molar-refractivity contribution in [3.8, 4) is 44.8 Å². The Bertz CT molecular complexity index is 2990. The van der Waals surface area contributed by atoms with Gasteiger partial charge in [0.15, 0.2) is 0 Å². The monoisotopic (exact) mass is 826 g/mol. The van der Waals surface area contributed by atoms with Crippen LogP contribution in [0.1, 0.15) is 0 Å². The summed E-state index contributed by atoms with van der Waals surface area (Å²) in [5.41, 5.74) is 16.8. The highest BCUT2D eigenvalue weighted by atomic mass is 32.1. The van der Waals surface area contributed by atoms with Crippen LogP contribution in [0.25, 0.3) is 66.8 Å². The molecule has 0 spiro atoms. The highest BCUT2D eigenvalue weighted by Crippen LogP contribution is 2.46. The van der Waals surface area contributed by atoms with Crippen LogP contribution in [0.4, 0.5) is 34.1 Å². The first-order chi connectivity index (χ1) is 31.3. The number of aromatic nitrogens is 4. The predicted octanol–water partition coefficient (Wildman–Crippen LogP) is 15.2. The Labute approximate surface area is 370 Å². The van der Waals surface area contributed by atoms with Crippen LogP contribution in [0.15, 0.2) is 231 Å². The van der Waals surface area contributed by atoms with E-state index in [0.717, 1.165) is 101 Å². The van der Waals surface area contributed by atoms with E-state index in [1.165, 1.54) is 11.7 Å². The van der Waals surface area contributed by atoms with Crippen LogP contribution in [0.5, 0.6) is 0 Å². The molecule has 2 aromatic heterocycles. The van der Waals surface area contributed by atoms with Crippen LogP contribution in [0.2, 0.25) is 0 Å². The number of para-hydroxylation sites is 4. The SMILES string of the molecule is c1ccc(-c2nc3c(-c4ccc(N(c5ccccc5)c5ccccc5)cc4)c4nsnc4c(-c4ccc(N(c5ccccc5)c5ccccc5)cc4)c3nc2-c2ccccc2)cc1. The second-order valence-electron chi connectivity index (χ2n) is 15.2. The molecular formula is C56H38N6S. The number of hydrogen-bond acceptors (Lipinski definition) is 7. The van der Waals surface area contributed by atoms with E-state index in [9.17, 15) is 0 Å². The summed E-state index contributed by atoms with van der Waals surface area (Å²) in [6.45, 7) is 0. The Morgan fingerprint density at radius 1 is 0.254 bits per heavy atom. The minimum absolute atomic E-state index is 0.763. The molecule has 0 amide bonds. The number of fused-ring (bicyclic) bond motifs is 2. The predicted molar refractivity (Wildman–Crippen MR) is 262 cm³/mol. The van der Waals surface area contributed by atoms with Gasteiger partial charge in [-0.25, -0.2) is 9.97 Å². The molecule has 0 aliphatic heterocycles. The summed E-state index contributed by atoms with van der Waals surface area (Å²) in [7, 11) is 0. The molecule has 0 fully saturated rings. The Morgan fingerprint density at radius 3 is 0.825 bits per heavy atom. The van der Waals surface area contributed by atoms with Crippen LogP contribution in [-0.4, -0.2) is 18.7 Å². The Hall–Kier alpha value is -8.26. The minimum Gasteiger partial charge on any atom is -0.311 e. The van der Waals surface area contributed by atoms with Crippen LogP contribution >= 0.6 is 11.7 Å². The van der Waals surface area contributed by atoms with Gasteiger partial charge in [-0.2, -0.15) is 8.75 Å². The molecule has 2 heterocycles. The summed E-state index contributed by atoms with van der Waals surface area (Å²) in [5, 5.41) is 0. The van der Waals surface area contributed by atoms with Gasteiger partial charge in [0, 0.05) is 56.4 Å². The van der Waals surface area contributed by atoms with Gasteiger partial charge in [-0.3, -0.25) is 0 Å².